The molecule has 1 aromatic heterocycles. The summed E-state index contributed by atoms with van der Waals surface area (Å²) in [6.07, 6.45) is 0. The number of nitrogens with one attached hydrogen (secondary N) is 1. The molecule has 2 N–H and O–H groups in total. The lowest BCUT2D eigenvalue weighted by atomic mass is 10.2. The van der Waals surface area contributed by atoms with E-state index in [0.29, 0.717) is 11.5 Å². The number of carbonyl (C=O) groups is 1. The lowest BCUT2D eigenvalue weighted by Crippen LogP contribution is -1.95. The molecular weight excluding hydrogens is 294 g/mol. The van der Waals surface area contributed by atoms with E-state index in [4.69, 9.17) is 14.3 Å². The van der Waals surface area contributed by atoms with Crippen molar-refractivity contribution in [3.63, 3.8) is 0 Å². The van der Waals surface area contributed by atoms with Gasteiger partial charge >= 0.3 is 5.97 Å². The minimum Gasteiger partial charge on any atom is -0.486 e. The minimum atomic E-state index is -1.09. The van der Waals surface area contributed by atoms with Crippen molar-refractivity contribution in [2.75, 3.05) is 5.32 Å². The minimum absolute atomic E-state index is 0.0917. The molecule has 0 unspecified atom stereocenters. The van der Waals surface area contributed by atoms with Gasteiger partial charge in [0, 0.05) is 11.4 Å². The van der Waals surface area contributed by atoms with Gasteiger partial charge in [-0.15, -0.1) is 0 Å². The summed E-state index contributed by atoms with van der Waals surface area (Å²) < 4.78 is 10.7. The molecule has 0 amide bonds. The van der Waals surface area contributed by atoms with Crippen LogP contribution in [0.2, 0.25) is 0 Å². The maximum Gasteiger partial charge on any atom is 0.371 e. The Bertz CT molecular complexity index is 778. The molecule has 1 heterocycles. The Morgan fingerprint density at radius 2 is 1.65 bits per heavy atom. The number of carboxylic acids is 1. The van der Waals surface area contributed by atoms with Crippen LogP contribution in [0.1, 0.15) is 16.3 Å². The summed E-state index contributed by atoms with van der Waals surface area (Å²) >= 11 is 0. The molecule has 3 aromatic rings. The summed E-state index contributed by atoms with van der Waals surface area (Å²) in [5, 5.41) is 12.1. The Balaban J connectivity index is 1.57. The fraction of sp³-hybridized carbons (Fsp3) is 0.0556. The number of ether oxygens (including phenoxy) is 1. The highest BCUT2D eigenvalue weighted by Crippen LogP contribution is 2.21. The van der Waals surface area contributed by atoms with Crippen LogP contribution in [0.15, 0.2) is 71.1 Å². The van der Waals surface area contributed by atoms with Gasteiger partial charge in [0.15, 0.2) is 0 Å². The Labute approximate surface area is 133 Å². The number of furan rings is 1. The first kappa shape index (κ1) is 14.7. The predicted octanol–water partition coefficient (Wildman–Crippen LogP) is 4.30. The van der Waals surface area contributed by atoms with Gasteiger partial charge in [-0.3, -0.25) is 0 Å². The molecule has 0 aliphatic carbocycles. The molecule has 5 nitrogen and oxygen atoms in total. The van der Waals surface area contributed by atoms with Crippen LogP contribution in [0.5, 0.6) is 5.75 Å². The summed E-state index contributed by atoms with van der Waals surface area (Å²) in [7, 11) is 0. The fourth-order valence-electron chi connectivity index (χ4n) is 2.05. The predicted molar refractivity (Wildman–Crippen MR) is 86.2 cm³/mol. The van der Waals surface area contributed by atoms with Crippen LogP contribution in [-0.4, -0.2) is 11.1 Å². The van der Waals surface area contributed by atoms with Crippen molar-refractivity contribution in [3.05, 3.63) is 78.3 Å². The Kier molecular flexibility index (Phi) is 4.29. The third kappa shape index (κ3) is 3.91. The number of carboxylic acid groups (broad SMARTS) is 1. The van der Waals surface area contributed by atoms with Crippen molar-refractivity contribution < 1.29 is 19.1 Å². The molecule has 116 valence electrons. The van der Waals surface area contributed by atoms with Crippen molar-refractivity contribution in [2.24, 2.45) is 0 Å². The first-order valence-corrected chi connectivity index (χ1v) is 7.08. The molecule has 5 heteroatoms. The fourth-order valence-corrected chi connectivity index (χ4v) is 2.05. The first-order valence-electron chi connectivity index (χ1n) is 7.08. The van der Waals surface area contributed by atoms with Crippen LogP contribution in [0.3, 0.4) is 0 Å². The van der Waals surface area contributed by atoms with E-state index < -0.39 is 5.97 Å². The van der Waals surface area contributed by atoms with Gasteiger partial charge in [-0.1, -0.05) is 18.2 Å². The van der Waals surface area contributed by atoms with Crippen molar-refractivity contribution in [1.82, 2.24) is 0 Å². The van der Waals surface area contributed by atoms with E-state index in [1.807, 2.05) is 54.6 Å². The third-order valence-corrected chi connectivity index (χ3v) is 3.17. The van der Waals surface area contributed by atoms with Crippen molar-refractivity contribution in [1.29, 1.82) is 0 Å². The second-order valence-corrected chi connectivity index (χ2v) is 4.88. The van der Waals surface area contributed by atoms with E-state index in [-0.39, 0.29) is 12.4 Å². The summed E-state index contributed by atoms with van der Waals surface area (Å²) in [4.78, 5) is 10.7. The van der Waals surface area contributed by atoms with Crippen molar-refractivity contribution in [3.8, 4) is 5.75 Å². The van der Waals surface area contributed by atoms with Crippen molar-refractivity contribution >= 4 is 17.3 Å². The average molecular weight is 309 g/mol. The Morgan fingerprint density at radius 3 is 2.30 bits per heavy atom. The quantitative estimate of drug-likeness (QED) is 0.710. The molecule has 0 saturated heterocycles. The van der Waals surface area contributed by atoms with Gasteiger partial charge in [0.1, 0.15) is 18.1 Å². The summed E-state index contributed by atoms with van der Waals surface area (Å²) in [6, 6.07) is 20.4. The first-order chi connectivity index (χ1) is 11.2. The topological polar surface area (TPSA) is 71.7 Å². The van der Waals surface area contributed by atoms with Gasteiger partial charge < -0.3 is 19.6 Å². The highest BCUT2D eigenvalue weighted by molar-refractivity contribution is 5.84. The maximum absolute atomic E-state index is 10.7. The summed E-state index contributed by atoms with van der Waals surface area (Å²) in [6.45, 7) is 0.179. The molecule has 0 aliphatic heterocycles. The van der Waals surface area contributed by atoms with E-state index in [1.54, 1.807) is 6.07 Å². The monoisotopic (exact) mass is 309 g/mol. The van der Waals surface area contributed by atoms with Gasteiger partial charge in [0.25, 0.3) is 0 Å². The third-order valence-electron chi connectivity index (χ3n) is 3.17. The zero-order chi connectivity index (χ0) is 16.1. The van der Waals surface area contributed by atoms with E-state index >= 15 is 0 Å². The number of anilines is 2. The van der Waals surface area contributed by atoms with E-state index in [1.165, 1.54) is 6.07 Å². The number of rotatable bonds is 6. The second kappa shape index (κ2) is 6.70. The number of para-hydroxylation sites is 1. The molecule has 0 atom stereocenters. The lowest BCUT2D eigenvalue weighted by molar-refractivity contribution is 0.0658. The van der Waals surface area contributed by atoms with E-state index in [0.717, 1.165) is 11.4 Å². The van der Waals surface area contributed by atoms with Gasteiger partial charge in [0.05, 0.1) is 0 Å². The summed E-state index contributed by atoms with van der Waals surface area (Å²) in [5.74, 6) is -0.0376. The smallest absolute Gasteiger partial charge is 0.371 e. The number of hydrogen-bond donors (Lipinski definition) is 2. The van der Waals surface area contributed by atoms with Gasteiger partial charge in [-0.2, -0.15) is 0 Å². The van der Waals surface area contributed by atoms with Crippen LogP contribution >= 0.6 is 0 Å². The highest BCUT2D eigenvalue weighted by atomic mass is 16.5. The van der Waals surface area contributed by atoms with E-state index in [2.05, 4.69) is 5.32 Å². The molecule has 0 fully saturated rings. The molecule has 2 aromatic carbocycles. The van der Waals surface area contributed by atoms with E-state index in [9.17, 15) is 4.79 Å². The molecule has 0 radical (unpaired) electrons. The Morgan fingerprint density at radius 1 is 0.957 bits per heavy atom. The molecule has 0 spiro atoms. The van der Waals surface area contributed by atoms with Crippen LogP contribution < -0.4 is 10.1 Å². The second-order valence-electron chi connectivity index (χ2n) is 4.88. The highest BCUT2D eigenvalue weighted by Gasteiger charge is 2.09. The molecule has 0 bridgehead atoms. The normalized spacial score (nSPS) is 10.3. The van der Waals surface area contributed by atoms with Crippen molar-refractivity contribution in [2.45, 2.75) is 6.61 Å². The maximum atomic E-state index is 10.7. The number of aromatic carboxylic acids is 1. The van der Waals surface area contributed by atoms with Gasteiger partial charge in [0.2, 0.25) is 5.76 Å². The average Bonchev–Trinajstić information content (AvgIpc) is 3.04. The lowest BCUT2D eigenvalue weighted by Gasteiger charge is -2.08. The number of hydrogen-bond acceptors (Lipinski definition) is 4. The SMILES string of the molecule is O=C(O)c1ccc(COc2ccc(Nc3ccccc3)cc2)o1. The Hall–Kier alpha value is -3.21. The summed E-state index contributed by atoms with van der Waals surface area (Å²) in [5.41, 5.74) is 1.97. The molecule has 23 heavy (non-hydrogen) atoms. The largest absolute Gasteiger partial charge is 0.486 e. The van der Waals surface area contributed by atoms with Gasteiger partial charge in [-0.25, -0.2) is 4.79 Å². The van der Waals surface area contributed by atoms with Crippen LogP contribution in [0, 0.1) is 0 Å². The molecular formula is C18H15NO4. The van der Waals surface area contributed by atoms with Crippen LogP contribution in [0.4, 0.5) is 11.4 Å². The number of benzene rings is 2. The van der Waals surface area contributed by atoms with Crippen LogP contribution in [-0.2, 0) is 6.61 Å². The molecule has 3 rings (SSSR count). The van der Waals surface area contributed by atoms with Crippen LogP contribution in [0.25, 0.3) is 0 Å². The molecule has 0 saturated carbocycles. The molecule has 0 aliphatic rings. The standard InChI is InChI=1S/C18H15NO4/c20-18(21)17-11-10-16(23-17)12-22-15-8-6-14(7-9-15)19-13-4-2-1-3-5-13/h1-11,19H,12H2,(H,20,21). The zero-order valence-electron chi connectivity index (χ0n) is 12.2. The van der Waals surface area contributed by atoms with Gasteiger partial charge in [-0.05, 0) is 48.5 Å². The zero-order valence-corrected chi connectivity index (χ0v) is 12.2.